The van der Waals surface area contributed by atoms with Crippen LogP contribution in [-0.4, -0.2) is 49.0 Å². The van der Waals surface area contributed by atoms with E-state index < -0.39 is 21.7 Å². The molecule has 162 valence electrons. The van der Waals surface area contributed by atoms with E-state index in [1.807, 2.05) is 18.2 Å². The van der Waals surface area contributed by atoms with Gasteiger partial charge in [0.05, 0.1) is 23.9 Å². The van der Waals surface area contributed by atoms with Gasteiger partial charge in [-0.25, -0.2) is 17.5 Å². The standard InChI is InChI=1S/C22H22BrN3O4S/c23-20-6-2-5-19(12-20)15-31(28,29)26-9-7-22(8-10-26)16-25(21(27)30-22)14-18-4-1-3-17(11-18)13-24/h1-6,11-12H,7-10,14-16H2. The number of nitrogens with zero attached hydrogens (tertiary/aromatic N) is 3. The van der Waals surface area contributed by atoms with E-state index in [4.69, 9.17) is 10.00 Å². The maximum atomic E-state index is 12.9. The smallest absolute Gasteiger partial charge is 0.410 e. The summed E-state index contributed by atoms with van der Waals surface area (Å²) in [4.78, 5) is 14.1. The van der Waals surface area contributed by atoms with Gasteiger partial charge in [0.1, 0.15) is 5.60 Å². The van der Waals surface area contributed by atoms with Gasteiger partial charge < -0.3 is 4.74 Å². The maximum absolute atomic E-state index is 12.9. The Morgan fingerprint density at radius 2 is 1.81 bits per heavy atom. The Morgan fingerprint density at radius 1 is 1.10 bits per heavy atom. The number of halogens is 1. The molecular weight excluding hydrogens is 482 g/mol. The molecule has 4 rings (SSSR count). The van der Waals surface area contributed by atoms with Crippen LogP contribution in [0.25, 0.3) is 0 Å². The van der Waals surface area contributed by atoms with Crippen LogP contribution in [0, 0.1) is 11.3 Å². The van der Waals surface area contributed by atoms with E-state index in [9.17, 15) is 13.2 Å². The molecule has 0 atom stereocenters. The number of nitriles is 1. The largest absolute Gasteiger partial charge is 0.441 e. The molecule has 7 nitrogen and oxygen atoms in total. The number of hydrogen-bond donors (Lipinski definition) is 0. The predicted molar refractivity (Wildman–Crippen MR) is 118 cm³/mol. The number of sulfonamides is 1. The molecule has 2 fully saturated rings. The van der Waals surface area contributed by atoms with Crippen LogP contribution in [0.4, 0.5) is 4.79 Å². The number of carbonyl (C=O) groups is 1. The fourth-order valence-corrected chi connectivity index (χ4v) is 6.10. The monoisotopic (exact) mass is 503 g/mol. The van der Waals surface area contributed by atoms with Crippen LogP contribution in [0.5, 0.6) is 0 Å². The van der Waals surface area contributed by atoms with Gasteiger partial charge in [0.15, 0.2) is 0 Å². The molecule has 0 bridgehead atoms. The first-order valence-electron chi connectivity index (χ1n) is 9.98. The van der Waals surface area contributed by atoms with Gasteiger partial charge in [-0.2, -0.15) is 5.26 Å². The van der Waals surface area contributed by atoms with Crippen molar-refractivity contribution in [1.82, 2.24) is 9.21 Å². The number of benzene rings is 2. The van der Waals surface area contributed by atoms with E-state index in [2.05, 4.69) is 22.0 Å². The molecule has 0 aliphatic carbocycles. The van der Waals surface area contributed by atoms with Crippen molar-refractivity contribution in [2.45, 2.75) is 30.7 Å². The van der Waals surface area contributed by atoms with Crippen molar-refractivity contribution in [3.63, 3.8) is 0 Å². The van der Waals surface area contributed by atoms with Crippen molar-refractivity contribution in [2.75, 3.05) is 19.6 Å². The number of carbonyl (C=O) groups excluding carboxylic acids is 1. The summed E-state index contributed by atoms with van der Waals surface area (Å²) in [5, 5.41) is 9.06. The van der Waals surface area contributed by atoms with Gasteiger partial charge in [-0.1, -0.05) is 40.2 Å². The molecule has 2 aliphatic heterocycles. The zero-order valence-electron chi connectivity index (χ0n) is 16.8. The molecule has 2 heterocycles. The Morgan fingerprint density at radius 3 is 2.52 bits per heavy atom. The maximum Gasteiger partial charge on any atom is 0.410 e. The predicted octanol–water partition coefficient (Wildman–Crippen LogP) is 3.64. The van der Waals surface area contributed by atoms with Crippen molar-refractivity contribution < 1.29 is 17.9 Å². The molecule has 0 aromatic heterocycles. The van der Waals surface area contributed by atoms with E-state index in [1.165, 1.54) is 4.31 Å². The highest BCUT2D eigenvalue weighted by molar-refractivity contribution is 9.10. The molecule has 31 heavy (non-hydrogen) atoms. The lowest BCUT2D eigenvalue weighted by Gasteiger charge is -2.36. The highest BCUT2D eigenvalue weighted by Gasteiger charge is 2.48. The van der Waals surface area contributed by atoms with Crippen molar-refractivity contribution >= 4 is 32.0 Å². The first-order chi connectivity index (χ1) is 14.8. The second-order valence-corrected chi connectivity index (χ2v) is 10.9. The minimum absolute atomic E-state index is 0.0550. The van der Waals surface area contributed by atoms with Crippen LogP contribution in [0.2, 0.25) is 0 Å². The van der Waals surface area contributed by atoms with Crippen LogP contribution in [0.3, 0.4) is 0 Å². The topological polar surface area (TPSA) is 90.7 Å². The molecule has 0 radical (unpaired) electrons. The molecular formula is C22H22BrN3O4S. The van der Waals surface area contributed by atoms with Crippen LogP contribution in [0.15, 0.2) is 53.0 Å². The summed E-state index contributed by atoms with van der Waals surface area (Å²) in [5.41, 5.74) is 1.48. The second-order valence-electron chi connectivity index (χ2n) is 8.00. The summed E-state index contributed by atoms with van der Waals surface area (Å²) >= 11 is 3.37. The molecule has 0 N–H and O–H groups in total. The van der Waals surface area contributed by atoms with Gasteiger partial charge >= 0.3 is 6.09 Å². The first-order valence-corrected chi connectivity index (χ1v) is 12.4. The molecule has 0 unspecified atom stereocenters. The summed E-state index contributed by atoms with van der Waals surface area (Å²) < 4.78 is 33.8. The Kier molecular flexibility index (Phi) is 6.06. The molecule has 2 aromatic carbocycles. The summed E-state index contributed by atoms with van der Waals surface area (Å²) in [5.74, 6) is -0.0550. The summed E-state index contributed by atoms with van der Waals surface area (Å²) in [6.45, 7) is 1.42. The molecule has 0 saturated carbocycles. The number of rotatable bonds is 5. The lowest BCUT2D eigenvalue weighted by molar-refractivity contribution is 0.0172. The SMILES string of the molecule is N#Cc1cccc(CN2CC3(CCN(S(=O)(=O)Cc4cccc(Br)c4)CC3)OC2=O)c1. The summed E-state index contributed by atoms with van der Waals surface area (Å²) in [6.07, 6.45) is 0.531. The Hall–Kier alpha value is -2.41. The molecule has 9 heteroatoms. The van der Waals surface area contributed by atoms with E-state index in [0.717, 1.165) is 15.6 Å². The number of piperidine rings is 1. The van der Waals surface area contributed by atoms with Crippen LogP contribution >= 0.6 is 15.9 Å². The highest BCUT2D eigenvalue weighted by atomic mass is 79.9. The van der Waals surface area contributed by atoms with Crippen LogP contribution < -0.4 is 0 Å². The Labute approximate surface area is 190 Å². The molecule has 1 amide bonds. The van der Waals surface area contributed by atoms with Gasteiger partial charge in [-0.15, -0.1) is 0 Å². The Bertz CT molecular complexity index is 1140. The number of ether oxygens (including phenoxy) is 1. The quantitative estimate of drug-likeness (QED) is 0.620. The minimum atomic E-state index is -3.45. The van der Waals surface area contributed by atoms with Gasteiger partial charge in [0.2, 0.25) is 10.0 Å². The Balaban J connectivity index is 1.38. The zero-order valence-corrected chi connectivity index (χ0v) is 19.2. The molecule has 2 saturated heterocycles. The van der Waals surface area contributed by atoms with Gasteiger partial charge in [-0.05, 0) is 35.4 Å². The second kappa shape index (κ2) is 8.61. The third-order valence-electron chi connectivity index (χ3n) is 5.74. The molecule has 2 aliphatic rings. The number of hydrogen-bond acceptors (Lipinski definition) is 5. The van der Waals surface area contributed by atoms with Crippen molar-refractivity contribution in [2.24, 2.45) is 0 Å². The van der Waals surface area contributed by atoms with E-state index in [0.29, 0.717) is 44.6 Å². The van der Waals surface area contributed by atoms with Gasteiger partial charge in [0, 0.05) is 36.9 Å². The molecule has 1 spiro atoms. The van der Waals surface area contributed by atoms with Crippen molar-refractivity contribution in [1.29, 1.82) is 5.26 Å². The van der Waals surface area contributed by atoms with E-state index in [-0.39, 0.29) is 5.75 Å². The van der Waals surface area contributed by atoms with E-state index >= 15 is 0 Å². The summed E-state index contributed by atoms with van der Waals surface area (Å²) in [7, 11) is -3.45. The third-order valence-corrected chi connectivity index (χ3v) is 8.08. The molecule has 2 aromatic rings. The fraction of sp³-hybridized carbons (Fsp3) is 0.364. The summed E-state index contributed by atoms with van der Waals surface area (Å²) in [6, 6.07) is 16.5. The normalized spacial score (nSPS) is 18.7. The first kappa shape index (κ1) is 21.8. The van der Waals surface area contributed by atoms with Crippen LogP contribution in [0.1, 0.15) is 29.5 Å². The third kappa shape index (κ3) is 4.92. The average Bonchev–Trinajstić information content (AvgIpc) is 3.02. The van der Waals surface area contributed by atoms with Gasteiger partial charge in [0.25, 0.3) is 0 Å². The van der Waals surface area contributed by atoms with Crippen molar-refractivity contribution in [3.05, 3.63) is 69.7 Å². The lowest BCUT2D eigenvalue weighted by Crippen LogP contribution is -2.48. The average molecular weight is 504 g/mol. The van der Waals surface area contributed by atoms with Crippen LogP contribution in [-0.2, 0) is 27.1 Å². The zero-order chi connectivity index (χ0) is 22.1. The van der Waals surface area contributed by atoms with Gasteiger partial charge in [-0.3, -0.25) is 4.90 Å². The number of amides is 1. The minimum Gasteiger partial charge on any atom is -0.441 e. The fourth-order valence-electron chi connectivity index (χ4n) is 4.14. The highest BCUT2D eigenvalue weighted by Crippen LogP contribution is 2.35. The van der Waals surface area contributed by atoms with E-state index in [1.54, 1.807) is 35.2 Å². The van der Waals surface area contributed by atoms with Crippen molar-refractivity contribution in [3.8, 4) is 6.07 Å². The lowest BCUT2D eigenvalue weighted by atomic mass is 9.92.